The van der Waals surface area contributed by atoms with Crippen LogP contribution in [0.25, 0.3) is 0 Å². The smallest absolute Gasteiger partial charge is 0.276 e. The average molecular weight is 293 g/mol. The van der Waals surface area contributed by atoms with Crippen molar-refractivity contribution in [2.24, 2.45) is 5.41 Å². The zero-order chi connectivity index (χ0) is 14.5. The topological polar surface area (TPSA) is 66.5 Å². The Balaban J connectivity index is 2.05. The molecule has 1 spiro atoms. The number of nitrogens with zero attached hydrogens (tertiary/aromatic N) is 1. The molecule has 0 atom stereocenters. The first-order chi connectivity index (χ1) is 9.45. The van der Waals surface area contributed by atoms with E-state index < -0.39 is 23.3 Å². The van der Waals surface area contributed by atoms with E-state index in [0.29, 0.717) is 23.6 Å². The second kappa shape index (κ2) is 4.31. The molecule has 1 aliphatic carbocycles. The molecular formula is C14H13ClN2O3. The van der Waals surface area contributed by atoms with Crippen molar-refractivity contribution in [3.63, 3.8) is 0 Å². The molecule has 6 heteroatoms. The van der Waals surface area contributed by atoms with Gasteiger partial charge in [0.05, 0.1) is 10.7 Å². The van der Waals surface area contributed by atoms with Crippen molar-refractivity contribution >= 4 is 35.1 Å². The Morgan fingerprint density at radius 1 is 1.25 bits per heavy atom. The molecule has 0 bridgehead atoms. The number of halogens is 1. The normalized spacial score (nSPS) is 20.9. The number of anilines is 1. The Labute approximate surface area is 120 Å². The summed E-state index contributed by atoms with van der Waals surface area (Å²) in [5.41, 5.74) is 0.166. The van der Waals surface area contributed by atoms with Crippen LogP contribution < -0.4 is 10.2 Å². The number of aryl methyl sites for hydroxylation is 1. The maximum atomic E-state index is 12.6. The standard InChI is InChI=1S/C14H13ClN2O3/c1-8-3-4-10(9(15)7-8)17-12(19)14(5-2-6-14)11(18)16-13(17)20/h3-4,7H,2,5-6H2,1H3,(H,16,18,20). The van der Waals surface area contributed by atoms with E-state index in [2.05, 4.69) is 5.32 Å². The molecule has 1 N–H and O–H groups in total. The SMILES string of the molecule is Cc1ccc(N2C(=O)NC(=O)C3(CCC3)C2=O)c(Cl)c1. The number of amides is 4. The first kappa shape index (κ1) is 13.1. The molecule has 0 aromatic heterocycles. The molecule has 104 valence electrons. The first-order valence-corrected chi connectivity index (χ1v) is 6.80. The summed E-state index contributed by atoms with van der Waals surface area (Å²) in [5, 5.41) is 2.58. The Kier molecular flexibility index (Phi) is 2.83. The molecule has 1 saturated carbocycles. The number of urea groups is 1. The van der Waals surface area contributed by atoms with E-state index in [-0.39, 0.29) is 0 Å². The second-order valence-electron chi connectivity index (χ2n) is 5.29. The van der Waals surface area contributed by atoms with Gasteiger partial charge in [0.15, 0.2) is 0 Å². The summed E-state index contributed by atoms with van der Waals surface area (Å²) >= 11 is 6.13. The van der Waals surface area contributed by atoms with Crippen LogP contribution in [0.5, 0.6) is 0 Å². The molecule has 1 saturated heterocycles. The van der Waals surface area contributed by atoms with E-state index in [1.807, 2.05) is 6.92 Å². The molecule has 5 nitrogen and oxygen atoms in total. The quantitative estimate of drug-likeness (QED) is 0.808. The van der Waals surface area contributed by atoms with Crippen LogP contribution in [0.1, 0.15) is 24.8 Å². The molecular weight excluding hydrogens is 280 g/mol. The van der Waals surface area contributed by atoms with Crippen molar-refractivity contribution in [2.45, 2.75) is 26.2 Å². The van der Waals surface area contributed by atoms with Gasteiger partial charge in [-0.15, -0.1) is 0 Å². The van der Waals surface area contributed by atoms with Crippen LogP contribution in [0, 0.1) is 12.3 Å². The lowest BCUT2D eigenvalue weighted by atomic mass is 9.66. The highest BCUT2D eigenvalue weighted by Gasteiger charge is 2.57. The van der Waals surface area contributed by atoms with Gasteiger partial charge < -0.3 is 0 Å². The maximum Gasteiger partial charge on any atom is 0.335 e. The number of rotatable bonds is 1. The van der Waals surface area contributed by atoms with Crippen molar-refractivity contribution in [1.82, 2.24) is 5.32 Å². The van der Waals surface area contributed by atoms with Gasteiger partial charge in [-0.3, -0.25) is 14.9 Å². The van der Waals surface area contributed by atoms with Crippen molar-refractivity contribution in [1.29, 1.82) is 0 Å². The molecule has 20 heavy (non-hydrogen) atoms. The monoisotopic (exact) mass is 292 g/mol. The molecule has 1 aromatic carbocycles. The van der Waals surface area contributed by atoms with Crippen LogP contribution in [0.3, 0.4) is 0 Å². The van der Waals surface area contributed by atoms with Gasteiger partial charge in [0, 0.05) is 0 Å². The number of barbiturate groups is 1. The van der Waals surface area contributed by atoms with Crippen LogP contribution in [-0.4, -0.2) is 17.8 Å². The van der Waals surface area contributed by atoms with Crippen molar-refractivity contribution in [3.05, 3.63) is 28.8 Å². The fourth-order valence-corrected chi connectivity index (χ4v) is 2.98. The van der Waals surface area contributed by atoms with Crippen molar-refractivity contribution < 1.29 is 14.4 Å². The molecule has 1 heterocycles. The summed E-state index contributed by atoms with van der Waals surface area (Å²) in [6.07, 6.45) is 1.76. The summed E-state index contributed by atoms with van der Waals surface area (Å²) in [7, 11) is 0. The summed E-state index contributed by atoms with van der Waals surface area (Å²) in [4.78, 5) is 37.5. The number of imide groups is 2. The molecule has 1 aliphatic heterocycles. The summed E-state index contributed by atoms with van der Waals surface area (Å²) in [6.45, 7) is 1.87. The molecule has 2 aliphatic rings. The van der Waals surface area contributed by atoms with Gasteiger partial charge in [-0.25, -0.2) is 9.69 Å². The highest BCUT2D eigenvalue weighted by atomic mass is 35.5. The number of hydrogen-bond donors (Lipinski definition) is 1. The van der Waals surface area contributed by atoms with Crippen molar-refractivity contribution in [2.75, 3.05) is 4.90 Å². The van der Waals surface area contributed by atoms with Crippen LogP contribution in [-0.2, 0) is 9.59 Å². The molecule has 3 rings (SSSR count). The first-order valence-electron chi connectivity index (χ1n) is 6.42. The lowest BCUT2D eigenvalue weighted by Gasteiger charge is -2.44. The zero-order valence-corrected chi connectivity index (χ0v) is 11.7. The highest BCUT2D eigenvalue weighted by molar-refractivity contribution is 6.37. The highest BCUT2D eigenvalue weighted by Crippen LogP contribution is 2.46. The van der Waals surface area contributed by atoms with Crippen molar-refractivity contribution in [3.8, 4) is 0 Å². The molecule has 2 fully saturated rings. The Hall–Kier alpha value is -1.88. The number of benzene rings is 1. The van der Waals surface area contributed by atoms with Gasteiger partial charge in [-0.05, 0) is 37.5 Å². The van der Waals surface area contributed by atoms with E-state index in [4.69, 9.17) is 11.6 Å². The van der Waals surface area contributed by atoms with E-state index in [1.54, 1.807) is 18.2 Å². The van der Waals surface area contributed by atoms with E-state index in [9.17, 15) is 14.4 Å². The fraction of sp³-hybridized carbons (Fsp3) is 0.357. The molecule has 1 aromatic rings. The third-order valence-corrected chi connectivity index (χ3v) is 4.32. The zero-order valence-electron chi connectivity index (χ0n) is 10.9. The van der Waals surface area contributed by atoms with Gasteiger partial charge in [0.2, 0.25) is 5.91 Å². The second-order valence-corrected chi connectivity index (χ2v) is 5.70. The van der Waals surface area contributed by atoms with Gasteiger partial charge in [0.1, 0.15) is 5.41 Å². The van der Waals surface area contributed by atoms with Crippen LogP contribution in [0.15, 0.2) is 18.2 Å². The summed E-state index contributed by atoms with van der Waals surface area (Å²) in [5.74, 6) is -0.957. The van der Waals surface area contributed by atoms with Gasteiger partial charge in [-0.1, -0.05) is 24.1 Å². The maximum absolute atomic E-state index is 12.6. The van der Waals surface area contributed by atoms with E-state index in [0.717, 1.165) is 16.9 Å². The van der Waals surface area contributed by atoms with Crippen LogP contribution in [0.2, 0.25) is 5.02 Å². The minimum Gasteiger partial charge on any atom is -0.276 e. The minimum atomic E-state index is -1.08. The van der Waals surface area contributed by atoms with E-state index in [1.165, 1.54) is 0 Å². The number of nitrogens with one attached hydrogen (secondary N) is 1. The predicted molar refractivity (Wildman–Crippen MR) is 73.5 cm³/mol. The Morgan fingerprint density at radius 3 is 2.50 bits per heavy atom. The largest absolute Gasteiger partial charge is 0.335 e. The lowest BCUT2D eigenvalue weighted by molar-refractivity contribution is -0.148. The Bertz CT molecular complexity index is 637. The van der Waals surface area contributed by atoms with Crippen LogP contribution in [0.4, 0.5) is 10.5 Å². The third kappa shape index (κ3) is 1.66. The predicted octanol–water partition coefficient (Wildman–Crippen LogP) is 2.40. The number of hydrogen-bond acceptors (Lipinski definition) is 3. The Morgan fingerprint density at radius 2 is 1.95 bits per heavy atom. The van der Waals surface area contributed by atoms with E-state index >= 15 is 0 Å². The number of carbonyl (C=O) groups is 3. The fourth-order valence-electron chi connectivity index (χ4n) is 2.66. The minimum absolute atomic E-state index is 0.317. The average Bonchev–Trinajstić information content (AvgIpc) is 2.29. The molecule has 0 radical (unpaired) electrons. The lowest BCUT2D eigenvalue weighted by Crippen LogP contribution is -2.66. The molecule has 4 amide bonds. The molecule has 0 unspecified atom stereocenters. The number of carbonyl (C=O) groups excluding carboxylic acids is 3. The third-order valence-electron chi connectivity index (χ3n) is 4.02. The van der Waals surface area contributed by atoms with Gasteiger partial charge in [-0.2, -0.15) is 0 Å². The van der Waals surface area contributed by atoms with Gasteiger partial charge in [0.25, 0.3) is 5.91 Å². The van der Waals surface area contributed by atoms with Crippen LogP contribution >= 0.6 is 11.6 Å². The summed E-state index contributed by atoms with van der Waals surface area (Å²) in [6, 6.07) is 4.34. The van der Waals surface area contributed by atoms with Gasteiger partial charge >= 0.3 is 6.03 Å². The summed E-state index contributed by atoms with van der Waals surface area (Å²) < 4.78 is 0.